The van der Waals surface area contributed by atoms with E-state index in [0.717, 1.165) is 60.8 Å². The summed E-state index contributed by atoms with van der Waals surface area (Å²) < 4.78 is 24.3. The van der Waals surface area contributed by atoms with E-state index in [2.05, 4.69) is 9.88 Å². The number of ether oxygens (including phenoxy) is 2. The summed E-state index contributed by atoms with van der Waals surface area (Å²) in [5.74, 6) is 1.26. The lowest BCUT2D eigenvalue weighted by atomic mass is 9.93. The minimum atomic E-state index is -0.369. The van der Waals surface area contributed by atoms with Gasteiger partial charge in [0.1, 0.15) is 17.3 Å². The average Bonchev–Trinajstić information content (AvgIpc) is 2.90. The zero-order valence-corrected chi connectivity index (χ0v) is 20.5. The fourth-order valence-electron chi connectivity index (χ4n) is 4.74. The maximum absolute atomic E-state index is 13.6. The molecule has 1 atom stereocenters. The number of likely N-dealkylation sites (tertiary alicyclic amines) is 1. The first kappa shape index (κ1) is 24.7. The van der Waals surface area contributed by atoms with Crippen molar-refractivity contribution in [1.82, 2.24) is 14.8 Å². The second-order valence-electron chi connectivity index (χ2n) is 8.93. The number of carbonyl (C=O) groups is 1. The van der Waals surface area contributed by atoms with Gasteiger partial charge in [-0.25, -0.2) is 4.39 Å². The molecule has 7 heteroatoms. The zero-order chi connectivity index (χ0) is 24.8. The van der Waals surface area contributed by atoms with Crippen molar-refractivity contribution >= 4 is 5.91 Å². The predicted molar refractivity (Wildman–Crippen MR) is 133 cm³/mol. The van der Waals surface area contributed by atoms with Crippen LogP contribution >= 0.6 is 0 Å². The monoisotopic (exact) mass is 477 g/mol. The maximum atomic E-state index is 13.6. The number of rotatable bonds is 8. The minimum absolute atomic E-state index is 0.0669. The average molecular weight is 478 g/mol. The Labute approximate surface area is 206 Å². The Bertz CT molecular complexity index is 1090. The van der Waals surface area contributed by atoms with Gasteiger partial charge >= 0.3 is 0 Å². The van der Waals surface area contributed by atoms with E-state index in [1.165, 1.54) is 12.1 Å². The number of piperidine rings is 1. The number of carbonyl (C=O) groups excluding carboxylic acids is 1. The molecule has 1 amide bonds. The standard InChI is InChI=1S/C28H32FN3O3/c1-31(27(26-6-4-5-13-30-26)21-7-9-23(29)10-8-21)28(33)22-11-14-32(15-12-22)19-20-16-24(34-2)18-25(17-20)35-3/h4-10,13,16-18,22,27H,11-12,14-15,19H2,1-3H3. The van der Waals surface area contributed by atoms with Crippen molar-refractivity contribution in [2.45, 2.75) is 25.4 Å². The van der Waals surface area contributed by atoms with Gasteiger partial charge in [-0.05, 0) is 73.5 Å². The van der Waals surface area contributed by atoms with Crippen LogP contribution in [0.2, 0.25) is 0 Å². The molecule has 0 radical (unpaired) electrons. The molecule has 1 aliphatic rings. The van der Waals surface area contributed by atoms with Crippen LogP contribution in [0.25, 0.3) is 0 Å². The van der Waals surface area contributed by atoms with Crippen LogP contribution in [0, 0.1) is 11.7 Å². The normalized spacial score (nSPS) is 15.4. The van der Waals surface area contributed by atoms with Crippen molar-refractivity contribution in [3.63, 3.8) is 0 Å². The van der Waals surface area contributed by atoms with Crippen LogP contribution in [-0.2, 0) is 11.3 Å². The molecule has 0 bridgehead atoms. The van der Waals surface area contributed by atoms with E-state index in [1.54, 1.807) is 37.4 Å². The Morgan fingerprint density at radius 2 is 1.71 bits per heavy atom. The molecule has 35 heavy (non-hydrogen) atoms. The highest BCUT2D eigenvalue weighted by atomic mass is 19.1. The Morgan fingerprint density at radius 3 is 2.29 bits per heavy atom. The van der Waals surface area contributed by atoms with E-state index in [4.69, 9.17) is 9.47 Å². The lowest BCUT2D eigenvalue weighted by Gasteiger charge is -2.36. The SMILES string of the molecule is COc1cc(CN2CCC(C(=O)N(C)C(c3ccc(F)cc3)c3ccccn3)CC2)cc(OC)c1. The molecule has 1 saturated heterocycles. The fourth-order valence-corrected chi connectivity index (χ4v) is 4.74. The van der Waals surface area contributed by atoms with E-state index in [-0.39, 0.29) is 23.7 Å². The quantitative estimate of drug-likeness (QED) is 0.471. The van der Waals surface area contributed by atoms with Crippen molar-refractivity contribution in [2.24, 2.45) is 5.92 Å². The third kappa shape index (κ3) is 5.98. The summed E-state index contributed by atoms with van der Waals surface area (Å²) in [6.45, 7) is 2.43. The first-order valence-corrected chi connectivity index (χ1v) is 11.9. The third-order valence-corrected chi connectivity index (χ3v) is 6.64. The summed E-state index contributed by atoms with van der Waals surface area (Å²) >= 11 is 0. The van der Waals surface area contributed by atoms with Gasteiger partial charge in [-0.1, -0.05) is 18.2 Å². The Hall–Kier alpha value is -3.45. The molecule has 1 unspecified atom stereocenters. The molecule has 1 aliphatic heterocycles. The van der Waals surface area contributed by atoms with E-state index < -0.39 is 0 Å². The number of pyridine rings is 1. The van der Waals surface area contributed by atoms with Crippen molar-refractivity contribution in [3.05, 3.63) is 89.5 Å². The molecular weight excluding hydrogens is 445 g/mol. The second kappa shape index (κ2) is 11.3. The van der Waals surface area contributed by atoms with Crippen LogP contribution < -0.4 is 9.47 Å². The number of methoxy groups -OCH3 is 2. The van der Waals surface area contributed by atoms with Crippen molar-refractivity contribution in [2.75, 3.05) is 34.4 Å². The molecule has 1 fully saturated rings. The van der Waals surface area contributed by atoms with Gasteiger partial charge in [-0.15, -0.1) is 0 Å². The number of hydrogen-bond donors (Lipinski definition) is 0. The number of aromatic nitrogens is 1. The van der Waals surface area contributed by atoms with Gasteiger partial charge in [0.05, 0.1) is 26.0 Å². The van der Waals surface area contributed by atoms with Crippen molar-refractivity contribution in [3.8, 4) is 11.5 Å². The highest BCUT2D eigenvalue weighted by molar-refractivity contribution is 5.79. The van der Waals surface area contributed by atoms with Crippen LogP contribution in [0.5, 0.6) is 11.5 Å². The summed E-state index contributed by atoms with van der Waals surface area (Å²) in [4.78, 5) is 22.2. The van der Waals surface area contributed by atoms with Crippen LogP contribution in [0.4, 0.5) is 4.39 Å². The van der Waals surface area contributed by atoms with Crippen LogP contribution in [0.3, 0.4) is 0 Å². The molecule has 4 rings (SSSR count). The summed E-state index contributed by atoms with van der Waals surface area (Å²) in [6, 6.07) is 17.5. The Morgan fingerprint density at radius 1 is 1.06 bits per heavy atom. The van der Waals surface area contributed by atoms with E-state index in [9.17, 15) is 9.18 Å². The number of halogens is 1. The number of hydrogen-bond acceptors (Lipinski definition) is 5. The van der Waals surface area contributed by atoms with Gasteiger partial charge in [0.15, 0.2) is 0 Å². The molecule has 184 valence electrons. The van der Waals surface area contributed by atoms with E-state index >= 15 is 0 Å². The lowest BCUT2D eigenvalue weighted by molar-refractivity contribution is -0.137. The van der Waals surface area contributed by atoms with Gasteiger partial charge in [-0.3, -0.25) is 14.7 Å². The van der Waals surface area contributed by atoms with Crippen molar-refractivity contribution < 1.29 is 18.7 Å². The number of amides is 1. The van der Waals surface area contributed by atoms with Crippen molar-refractivity contribution in [1.29, 1.82) is 0 Å². The first-order valence-electron chi connectivity index (χ1n) is 11.9. The summed E-state index contributed by atoms with van der Waals surface area (Å²) in [5, 5.41) is 0. The van der Waals surface area contributed by atoms with Crippen LogP contribution in [0.1, 0.15) is 35.7 Å². The second-order valence-corrected chi connectivity index (χ2v) is 8.93. The first-order chi connectivity index (χ1) is 17.0. The number of benzene rings is 2. The summed E-state index contributed by atoms with van der Waals surface area (Å²) in [7, 11) is 5.12. The predicted octanol–water partition coefficient (Wildman–Crippen LogP) is 4.70. The number of nitrogens with zero attached hydrogens (tertiary/aromatic N) is 3. The molecule has 1 aromatic heterocycles. The van der Waals surface area contributed by atoms with E-state index in [1.807, 2.05) is 43.4 Å². The van der Waals surface area contributed by atoms with Gasteiger partial charge < -0.3 is 14.4 Å². The molecule has 2 aromatic carbocycles. The molecular formula is C28H32FN3O3. The van der Waals surface area contributed by atoms with Gasteiger partial charge in [0.25, 0.3) is 0 Å². The molecule has 0 aliphatic carbocycles. The Balaban J connectivity index is 1.43. The summed E-state index contributed by atoms with van der Waals surface area (Å²) in [5.41, 5.74) is 2.72. The highest BCUT2D eigenvalue weighted by Crippen LogP contribution is 2.31. The van der Waals surface area contributed by atoms with Gasteiger partial charge in [0, 0.05) is 31.8 Å². The zero-order valence-electron chi connectivity index (χ0n) is 20.5. The molecule has 6 nitrogen and oxygen atoms in total. The lowest BCUT2D eigenvalue weighted by Crippen LogP contribution is -2.42. The minimum Gasteiger partial charge on any atom is -0.497 e. The molecule has 2 heterocycles. The molecule has 0 N–H and O–H groups in total. The van der Waals surface area contributed by atoms with Gasteiger partial charge in [-0.2, -0.15) is 0 Å². The van der Waals surface area contributed by atoms with Gasteiger partial charge in [0.2, 0.25) is 5.91 Å². The topological polar surface area (TPSA) is 54.9 Å². The highest BCUT2D eigenvalue weighted by Gasteiger charge is 2.32. The smallest absolute Gasteiger partial charge is 0.226 e. The Kier molecular flexibility index (Phi) is 7.98. The van der Waals surface area contributed by atoms with Crippen LogP contribution in [-0.4, -0.2) is 55.0 Å². The third-order valence-electron chi connectivity index (χ3n) is 6.64. The molecule has 3 aromatic rings. The summed E-state index contributed by atoms with van der Waals surface area (Å²) in [6.07, 6.45) is 3.28. The molecule has 0 spiro atoms. The molecule has 0 saturated carbocycles. The largest absolute Gasteiger partial charge is 0.497 e. The maximum Gasteiger partial charge on any atom is 0.226 e. The van der Waals surface area contributed by atoms with E-state index in [0.29, 0.717) is 0 Å². The fraction of sp³-hybridized carbons (Fsp3) is 0.357. The van der Waals surface area contributed by atoms with Crippen LogP contribution in [0.15, 0.2) is 66.9 Å².